The molecule has 0 saturated heterocycles. The molecule has 1 unspecified atom stereocenters. The Labute approximate surface area is 72.2 Å². The van der Waals surface area contributed by atoms with Crippen molar-refractivity contribution in [3.63, 3.8) is 0 Å². The van der Waals surface area contributed by atoms with E-state index in [1.165, 1.54) is 12.7 Å². The Balaban J connectivity index is 0.000000561. The van der Waals surface area contributed by atoms with Crippen LogP contribution in [0.4, 0.5) is 0 Å². The lowest BCUT2D eigenvalue weighted by Crippen LogP contribution is -2.30. The highest BCUT2D eigenvalue weighted by molar-refractivity contribution is 5.76. The predicted octanol–water partition coefficient (Wildman–Crippen LogP) is 0.0336. The van der Waals surface area contributed by atoms with Crippen LogP contribution in [0.3, 0.4) is 0 Å². The molecule has 0 aliphatic carbocycles. The molecule has 4 heteroatoms. The van der Waals surface area contributed by atoms with Gasteiger partial charge in [0.1, 0.15) is 6.04 Å². The summed E-state index contributed by atoms with van der Waals surface area (Å²) in [5.41, 5.74) is 1.19. The molecule has 2 N–H and O–H groups in total. The van der Waals surface area contributed by atoms with Gasteiger partial charge in [-0.1, -0.05) is 5.57 Å². The van der Waals surface area contributed by atoms with Gasteiger partial charge in [0.15, 0.2) is 0 Å². The number of nitrogens with one attached hydrogen (secondary N) is 1. The van der Waals surface area contributed by atoms with Crippen molar-refractivity contribution in [3.05, 3.63) is 11.8 Å². The molecule has 0 aromatic heterocycles. The van der Waals surface area contributed by atoms with E-state index in [-0.39, 0.29) is 12.0 Å². The molecule has 1 heterocycles. The maximum absolute atomic E-state index is 10.8. The Hall–Kier alpha value is -1.03. The number of carbonyl (C=O) groups is 1. The van der Waals surface area contributed by atoms with Crippen molar-refractivity contribution in [2.75, 3.05) is 14.2 Å². The first-order valence-electron chi connectivity index (χ1n) is 3.68. The molecule has 1 aliphatic heterocycles. The predicted molar refractivity (Wildman–Crippen MR) is 45.5 cm³/mol. The molecule has 0 aromatic carbocycles. The molecule has 1 rings (SSSR count). The van der Waals surface area contributed by atoms with E-state index in [9.17, 15) is 4.79 Å². The standard InChI is InChI=1S/C7H11NO2.CH4O/c1-5-3-6(8-4-5)7(9)10-2;1-2/h4,6,8H,3H2,1-2H3;2H,1H3. The van der Waals surface area contributed by atoms with Gasteiger partial charge in [0.05, 0.1) is 7.11 Å². The maximum atomic E-state index is 10.8. The fourth-order valence-corrected chi connectivity index (χ4v) is 0.976. The quantitative estimate of drug-likeness (QED) is 0.549. The summed E-state index contributed by atoms with van der Waals surface area (Å²) < 4.78 is 4.55. The highest BCUT2D eigenvalue weighted by Crippen LogP contribution is 2.11. The Morgan fingerprint density at radius 3 is 2.67 bits per heavy atom. The number of aliphatic hydroxyl groups excluding tert-OH is 1. The van der Waals surface area contributed by atoms with E-state index in [2.05, 4.69) is 10.1 Å². The third-order valence-corrected chi connectivity index (χ3v) is 1.54. The normalized spacial score (nSPS) is 20.0. The topological polar surface area (TPSA) is 58.6 Å². The molecule has 12 heavy (non-hydrogen) atoms. The van der Waals surface area contributed by atoms with Gasteiger partial charge >= 0.3 is 5.97 Å². The molecule has 0 aromatic rings. The van der Waals surface area contributed by atoms with Crippen molar-refractivity contribution in [1.29, 1.82) is 0 Å². The molecule has 0 bridgehead atoms. The van der Waals surface area contributed by atoms with E-state index < -0.39 is 0 Å². The van der Waals surface area contributed by atoms with Gasteiger partial charge < -0.3 is 15.2 Å². The minimum absolute atomic E-state index is 0.148. The summed E-state index contributed by atoms with van der Waals surface area (Å²) in [7, 11) is 2.40. The number of ether oxygens (including phenoxy) is 1. The van der Waals surface area contributed by atoms with Crippen LogP contribution < -0.4 is 5.32 Å². The molecule has 0 spiro atoms. The third kappa shape index (κ3) is 2.92. The molecule has 1 atom stereocenters. The van der Waals surface area contributed by atoms with Crippen LogP contribution in [0.2, 0.25) is 0 Å². The fraction of sp³-hybridized carbons (Fsp3) is 0.625. The SMILES string of the molecule is CO.COC(=O)C1CC(C)=CN1. The van der Waals surface area contributed by atoms with Gasteiger partial charge in [-0.05, 0) is 13.1 Å². The van der Waals surface area contributed by atoms with Crippen LogP contribution in [0.25, 0.3) is 0 Å². The van der Waals surface area contributed by atoms with Crippen LogP contribution in [0.15, 0.2) is 11.8 Å². The van der Waals surface area contributed by atoms with Gasteiger partial charge in [-0.15, -0.1) is 0 Å². The Bertz CT molecular complexity index is 177. The number of esters is 1. The summed E-state index contributed by atoms with van der Waals surface area (Å²) >= 11 is 0. The number of aliphatic hydroxyl groups is 1. The molecule has 0 amide bonds. The number of rotatable bonds is 1. The monoisotopic (exact) mass is 173 g/mol. The second-order valence-electron chi connectivity index (χ2n) is 2.44. The second kappa shape index (κ2) is 5.60. The van der Waals surface area contributed by atoms with Crippen molar-refractivity contribution < 1.29 is 14.6 Å². The minimum Gasteiger partial charge on any atom is -0.467 e. The van der Waals surface area contributed by atoms with E-state index in [0.29, 0.717) is 0 Å². The Morgan fingerprint density at radius 1 is 1.75 bits per heavy atom. The number of methoxy groups -OCH3 is 1. The summed E-state index contributed by atoms with van der Waals surface area (Å²) in [6.07, 6.45) is 2.62. The van der Waals surface area contributed by atoms with Crippen molar-refractivity contribution >= 4 is 5.97 Å². The number of hydrogen-bond donors (Lipinski definition) is 2. The Morgan fingerprint density at radius 2 is 2.33 bits per heavy atom. The molecule has 70 valence electrons. The van der Waals surface area contributed by atoms with Crippen molar-refractivity contribution in [3.8, 4) is 0 Å². The molecule has 4 nitrogen and oxygen atoms in total. The highest BCUT2D eigenvalue weighted by Gasteiger charge is 2.21. The first-order chi connectivity index (χ1) is 5.74. The third-order valence-electron chi connectivity index (χ3n) is 1.54. The van der Waals surface area contributed by atoms with E-state index in [1.807, 2.05) is 13.1 Å². The summed E-state index contributed by atoms with van der Waals surface area (Å²) in [5, 5.41) is 9.92. The molecule has 0 fully saturated rings. The zero-order chi connectivity index (χ0) is 9.56. The smallest absolute Gasteiger partial charge is 0.328 e. The first kappa shape index (κ1) is 11.0. The van der Waals surface area contributed by atoms with Gasteiger partial charge in [-0.25, -0.2) is 4.79 Å². The summed E-state index contributed by atoms with van der Waals surface area (Å²) in [6.45, 7) is 1.98. The van der Waals surface area contributed by atoms with Gasteiger partial charge in [0, 0.05) is 13.5 Å². The summed E-state index contributed by atoms with van der Waals surface area (Å²) in [4.78, 5) is 10.8. The van der Waals surface area contributed by atoms with Crippen molar-refractivity contribution in [2.24, 2.45) is 0 Å². The molecule has 0 saturated carbocycles. The van der Waals surface area contributed by atoms with Crippen LogP contribution in [0, 0.1) is 0 Å². The van der Waals surface area contributed by atoms with Crippen LogP contribution in [-0.4, -0.2) is 31.3 Å². The largest absolute Gasteiger partial charge is 0.467 e. The number of hydrogen-bond acceptors (Lipinski definition) is 4. The molecular formula is C8H15NO3. The van der Waals surface area contributed by atoms with Crippen LogP contribution in [-0.2, 0) is 9.53 Å². The van der Waals surface area contributed by atoms with Gasteiger partial charge in [0.2, 0.25) is 0 Å². The van der Waals surface area contributed by atoms with Crippen molar-refractivity contribution in [2.45, 2.75) is 19.4 Å². The molecular weight excluding hydrogens is 158 g/mol. The van der Waals surface area contributed by atoms with Gasteiger partial charge in [-0.3, -0.25) is 0 Å². The molecule has 1 aliphatic rings. The lowest BCUT2D eigenvalue weighted by Gasteiger charge is -2.06. The lowest BCUT2D eigenvalue weighted by atomic mass is 10.2. The van der Waals surface area contributed by atoms with E-state index in [0.717, 1.165) is 13.5 Å². The Kier molecular flexibility index (Phi) is 5.12. The minimum atomic E-state index is -0.187. The van der Waals surface area contributed by atoms with Crippen LogP contribution in [0.5, 0.6) is 0 Å². The lowest BCUT2D eigenvalue weighted by molar-refractivity contribution is -0.142. The van der Waals surface area contributed by atoms with Gasteiger partial charge in [-0.2, -0.15) is 0 Å². The summed E-state index contributed by atoms with van der Waals surface area (Å²) in [6, 6.07) is -0.148. The van der Waals surface area contributed by atoms with Crippen LogP contribution in [0.1, 0.15) is 13.3 Å². The fourth-order valence-electron chi connectivity index (χ4n) is 0.976. The van der Waals surface area contributed by atoms with E-state index >= 15 is 0 Å². The van der Waals surface area contributed by atoms with Crippen molar-refractivity contribution in [1.82, 2.24) is 5.32 Å². The van der Waals surface area contributed by atoms with Gasteiger partial charge in [0.25, 0.3) is 0 Å². The number of carbonyl (C=O) groups excluding carboxylic acids is 1. The average molecular weight is 173 g/mol. The summed E-state index contributed by atoms with van der Waals surface area (Å²) in [5.74, 6) is -0.187. The average Bonchev–Trinajstić information content (AvgIpc) is 2.54. The first-order valence-corrected chi connectivity index (χ1v) is 3.68. The molecule has 0 radical (unpaired) electrons. The highest BCUT2D eigenvalue weighted by atomic mass is 16.5. The second-order valence-corrected chi connectivity index (χ2v) is 2.44. The zero-order valence-corrected chi connectivity index (χ0v) is 7.63. The van der Waals surface area contributed by atoms with E-state index in [1.54, 1.807) is 0 Å². The zero-order valence-electron chi connectivity index (χ0n) is 7.63. The maximum Gasteiger partial charge on any atom is 0.328 e. The van der Waals surface area contributed by atoms with Crippen LogP contribution >= 0.6 is 0 Å². The van der Waals surface area contributed by atoms with E-state index in [4.69, 9.17) is 5.11 Å².